The smallest absolute Gasteiger partial charge is 0.410 e. The number of hydrogen-bond donors (Lipinski definition) is 1. The minimum absolute atomic E-state index is 0.165. The molecule has 1 aliphatic carbocycles. The largest absolute Gasteiger partial charge is 0.444 e. The van der Waals surface area contributed by atoms with E-state index in [4.69, 9.17) is 15.5 Å². The molecule has 3 aliphatic rings. The van der Waals surface area contributed by atoms with E-state index < -0.39 is 5.60 Å². The van der Waals surface area contributed by atoms with Crippen LogP contribution < -0.4 is 5.73 Å². The number of aromatic nitrogens is 4. The van der Waals surface area contributed by atoms with Gasteiger partial charge in [0.25, 0.3) is 0 Å². The number of fused-ring (bicyclic) bond motifs is 5. The van der Waals surface area contributed by atoms with Crippen LogP contribution in [-0.2, 0) is 11.2 Å². The van der Waals surface area contributed by atoms with Gasteiger partial charge in [-0.1, -0.05) is 42.8 Å². The highest BCUT2D eigenvalue weighted by Gasteiger charge is 2.41. The van der Waals surface area contributed by atoms with Crippen molar-refractivity contribution in [1.82, 2.24) is 24.5 Å². The van der Waals surface area contributed by atoms with Crippen molar-refractivity contribution in [3.05, 3.63) is 66.6 Å². The number of hydrogen-bond acceptors (Lipinski definition) is 6. The number of aryl methyl sites for hydroxylation is 1. The van der Waals surface area contributed by atoms with Crippen molar-refractivity contribution in [2.24, 2.45) is 11.8 Å². The van der Waals surface area contributed by atoms with Gasteiger partial charge in [0.15, 0.2) is 5.65 Å². The van der Waals surface area contributed by atoms with Crippen LogP contribution in [0.5, 0.6) is 0 Å². The van der Waals surface area contributed by atoms with Gasteiger partial charge in [0.05, 0.1) is 11.9 Å². The van der Waals surface area contributed by atoms with E-state index in [1.165, 1.54) is 6.42 Å². The zero-order valence-electron chi connectivity index (χ0n) is 23.6. The van der Waals surface area contributed by atoms with Crippen LogP contribution in [0.4, 0.5) is 10.6 Å². The van der Waals surface area contributed by atoms with E-state index in [1.54, 1.807) is 4.52 Å². The third kappa shape index (κ3) is 5.40. The van der Waals surface area contributed by atoms with Crippen molar-refractivity contribution in [1.29, 1.82) is 0 Å². The number of nitrogen functional groups attached to an aromatic ring is 1. The van der Waals surface area contributed by atoms with E-state index in [9.17, 15) is 4.79 Å². The second kappa shape index (κ2) is 10.6. The van der Waals surface area contributed by atoms with Gasteiger partial charge in [-0.15, -0.1) is 0 Å². The molecule has 1 aromatic carbocycles. The summed E-state index contributed by atoms with van der Waals surface area (Å²) >= 11 is 0. The number of benzene rings is 1. The quantitative estimate of drug-likeness (QED) is 0.316. The van der Waals surface area contributed by atoms with Gasteiger partial charge in [0.1, 0.15) is 11.4 Å². The molecule has 8 nitrogen and oxygen atoms in total. The molecule has 2 aliphatic heterocycles. The predicted molar refractivity (Wildman–Crippen MR) is 157 cm³/mol. The Hall–Kier alpha value is -3.94. The van der Waals surface area contributed by atoms with Gasteiger partial charge in [-0.2, -0.15) is 9.61 Å². The van der Waals surface area contributed by atoms with Crippen LogP contribution in [-0.4, -0.2) is 48.8 Å². The first-order valence-corrected chi connectivity index (χ1v) is 14.4. The Morgan fingerprint density at radius 1 is 1.07 bits per heavy atom. The first-order valence-electron chi connectivity index (χ1n) is 14.4. The van der Waals surface area contributed by atoms with Crippen molar-refractivity contribution < 1.29 is 9.53 Å². The fourth-order valence-corrected chi connectivity index (χ4v) is 6.37. The number of carbonyl (C=O) groups is 1. The molecule has 3 unspecified atom stereocenters. The number of amides is 1. The molecule has 2 N–H and O–H groups in total. The van der Waals surface area contributed by atoms with Gasteiger partial charge in [0, 0.05) is 47.2 Å². The summed E-state index contributed by atoms with van der Waals surface area (Å²) in [4.78, 5) is 24.6. The summed E-state index contributed by atoms with van der Waals surface area (Å²) in [7, 11) is 0. The number of piperidine rings is 1. The summed E-state index contributed by atoms with van der Waals surface area (Å²) in [5.41, 5.74) is 11.6. The van der Waals surface area contributed by atoms with E-state index in [0.29, 0.717) is 17.7 Å². The molecule has 4 aromatic rings. The number of nitrogens with two attached hydrogens (primary N) is 1. The van der Waals surface area contributed by atoms with Crippen molar-refractivity contribution in [2.45, 2.75) is 70.9 Å². The molecule has 7 rings (SSSR count). The summed E-state index contributed by atoms with van der Waals surface area (Å²) < 4.78 is 7.43. The number of ether oxygens (including phenoxy) is 1. The number of nitrogens with zero attached hydrogens (tertiary/aromatic N) is 5. The molecule has 208 valence electrons. The summed E-state index contributed by atoms with van der Waals surface area (Å²) in [5.74, 6) is 1.63. The Kier molecular flexibility index (Phi) is 6.94. The van der Waals surface area contributed by atoms with Crippen molar-refractivity contribution in [2.75, 3.05) is 12.3 Å². The van der Waals surface area contributed by atoms with E-state index in [2.05, 4.69) is 28.3 Å². The number of carbonyl (C=O) groups excluding carboxylic acids is 1. The zero-order chi connectivity index (χ0) is 27.9. The molecule has 5 heterocycles. The average molecular weight is 539 g/mol. The minimum Gasteiger partial charge on any atom is -0.444 e. The molecule has 8 heteroatoms. The maximum Gasteiger partial charge on any atom is 0.410 e. The Bertz CT molecular complexity index is 1490. The zero-order valence-corrected chi connectivity index (χ0v) is 23.6. The molecular formula is C32H38N6O2. The Morgan fingerprint density at radius 2 is 1.90 bits per heavy atom. The molecule has 2 bridgehead atoms. The van der Waals surface area contributed by atoms with Crippen molar-refractivity contribution >= 4 is 17.6 Å². The van der Waals surface area contributed by atoms with Gasteiger partial charge >= 0.3 is 6.09 Å². The van der Waals surface area contributed by atoms with E-state index in [0.717, 1.165) is 72.4 Å². The van der Waals surface area contributed by atoms with E-state index in [-0.39, 0.29) is 12.1 Å². The highest BCUT2D eigenvalue weighted by molar-refractivity contribution is 5.78. The van der Waals surface area contributed by atoms with Crippen LogP contribution in [0.15, 0.2) is 60.9 Å². The van der Waals surface area contributed by atoms with Gasteiger partial charge in [-0.25, -0.2) is 9.78 Å². The van der Waals surface area contributed by atoms with Gasteiger partial charge in [-0.05, 0) is 70.8 Å². The molecule has 2 saturated heterocycles. The van der Waals surface area contributed by atoms with Gasteiger partial charge < -0.3 is 15.4 Å². The monoisotopic (exact) mass is 538 g/mol. The summed E-state index contributed by atoms with van der Waals surface area (Å²) in [5, 5.41) is 4.51. The standard InChI is InChI=1S/C32H38N6O2/c1-32(2,3)40-31(39)37-20-24-10-7-11-26(37)16-22(24)12-14-25-17-29(33)38-30(36-25)27(19-35-38)23-13-15-28(34-18-23)21-8-5-4-6-9-21/h4-6,8-9,13,15,17-19,22,24,26H,7,10-12,14,16,20,33H2,1-3H3. The molecular weight excluding hydrogens is 500 g/mol. The average Bonchev–Trinajstić information content (AvgIpc) is 3.12. The maximum atomic E-state index is 12.9. The lowest BCUT2D eigenvalue weighted by Crippen LogP contribution is -2.50. The second-order valence-electron chi connectivity index (χ2n) is 12.3. The van der Waals surface area contributed by atoms with Crippen molar-refractivity contribution in [3.8, 4) is 22.4 Å². The van der Waals surface area contributed by atoms with Crippen LogP contribution in [0, 0.1) is 11.8 Å². The number of pyridine rings is 1. The van der Waals surface area contributed by atoms with Crippen LogP contribution in [0.3, 0.4) is 0 Å². The molecule has 3 atom stereocenters. The highest BCUT2D eigenvalue weighted by Crippen LogP contribution is 2.40. The normalized spacial score (nSPS) is 21.0. The molecule has 3 fully saturated rings. The van der Waals surface area contributed by atoms with Crippen LogP contribution in [0.25, 0.3) is 28.0 Å². The van der Waals surface area contributed by atoms with E-state index in [1.807, 2.05) is 68.4 Å². The SMILES string of the molecule is CC(C)(C)OC(=O)N1CC2CCCC1CC2CCc1cc(N)n2ncc(-c3ccc(-c4ccccc4)nc3)c2n1. The third-order valence-corrected chi connectivity index (χ3v) is 8.32. The minimum atomic E-state index is -0.473. The molecule has 3 aromatic heterocycles. The summed E-state index contributed by atoms with van der Waals surface area (Å²) in [6.45, 7) is 6.59. The van der Waals surface area contributed by atoms with Crippen LogP contribution in [0.1, 0.15) is 58.6 Å². The Morgan fingerprint density at radius 3 is 2.65 bits per heavy atom. The molecule has 0 radical (unpaired) electrons. The molecule has 40 heavy (non-hydrogen) atoms. The first-order chi connectivity index (χ1) is 19.2. The number of rotatable bonds is 5. The first kappa shape index (κ1) is 26.3. The molecule has 0 spiro atoms. The van der Waals surface area contributed by atoms with E-state index >= 15 is 0 Å². The summed E-state index contributed by atoms with van der Waals surface area (Å²) in [6.07, 6.45) is 9.81. The fraction of sp³-hybridized carbons (Fsp3) is 0.438. The van der Waals surface area contributed by atoms with Crippen LogP contribution >= 0.6 is 0 Å². The maximum absolute atomic E-state index is 12.9. The lowest BCUT2D eigenvalue weighted by Gasteiger charge is -2.42. The van der Waals surface area contributed by atoms with Gasteiger partial charge in [0.2, 0.25) is 0 Å². The third-order valence-electron chi connectivity index (χ3n) is 8.32. The van der Waals surface area contributed by atoms with Crippen molar-refractivity contribution in [3.63, 3.8) is 0 Å². The lowest BCUT2D eigenvalue weighted by molar-refractivity contribution is -0.00287. The number of anilines is 1. The Balaban J connectivity index is 1.18. The topological polar surface area (TPSA) is 98.6 Å². The second-order valence-corrected chi connectivity index (χ2v) is 12.3. The fourth-order valence-electron chi connectivity index (χ4n) is 6.37. The van der Waals surface area contributed by atoms with Crippen LogP contribution in [0.2, 0.25) is 0 Å². The predicted octanol–water partition coefficient (Wildman–Crippen LogP) is 6.40. The highest BCUT2D eigenvalue weighted by atomic mass is 16.6. The lowest BCUT2D eigenvalue weighted by atomic mass is 9.80. The van der Waals surface area contributed by atoms with Gasteiger partial charge in [-0.3, -0.25) is 4.98 Å². The Labute approximate surface area is 235 Å². The summed E-state index contributed by atoms with van der Waals surface area (Å²) in [6, 6.07) is 16.4. The molecule has 1 saturated carbocycles. The molecule has 1 amide bonds.